The number of nitrogens with zero attached hydrogens (tertiary/aromatic N) is 4. The zero-order valence-electron chi connectivity index (χ0n) is 10.1. The maximum absolute atomic E-state index is 12.9. The molecule has 0 saturated heterocycles. The Balaban J connectivity index is 2.32. The maximum Gasteiger partial charge on any atom is 0.328 e. The van der Waals surface area contributed by atoms with Gasteiger partial charge in [0.2, 0.25) is 11.2 Å². The van der Waals surface area contributed by atoms with E-state index in [9.17, 15) is 4.39 Å². The highest BCUT2D eigenvalue weighted by atomic mass is 35.5. The number of benzene rings is 1. The number of hydrogen-bond donors (Lipinski definition) is 0. The smallest absolute Gasteiger partial charge is 0.328 e. The first-order chi connectivity index (χ1) is 8.95. The van der Waals surface area contributed by atoms with Crippen LogP contribution in [0.15, 0.2) is 18.2 Å². The second-order valence-corrected chi connectivity index (χ2v) is 4.50. The molecule has 0 aliphatic heterocycles. The van der Waals surface area contributed by atoms with E-state index in [0.717, 1.165) is 6.07 Å². The monoisotopic (exact) mass is 302 g/mol. The molecular weight excluding hydrogens is 294 g/mol. The van der Waals surface area contributed by atoms with Gasteiger partial charge in [0.1, 0.15) is 11.6 Å². The van der Waals surface area contributed by atoms with Gasteiger partial charge in [0.15, 0.2) is 0 Å². The molecule has 0 saturated carbocycles. The van der Waals surface area contributed by atoms with E-state index in [4.69, 9.17) is 27.9 Å². The highest BCUT2D eigenvalue weighted by Crippen LogP contribution is 2.28. The summed E-state index contributed by atoms with van der Waals surface area (Å²) in [6, 6.07) is 3.71. The van der Waals surface area contributed by atoms with Gasteiger partial charge in [-0.2, -0.15) is 15.0 Å². The van der Waals surface area contributed by atoms with Gasteiger partial charge in [0.05, 0.1) is 5.02 Å². The average molecular weight is 303 g/mol. The van der Waals surface area contributed by atoms with Gasteiger partial charge < -0.3 is 9.64 Å². The molecular formula is C11H9Cl2FN4O. The third-order valence-electron chi connectivity index (χ3n) is 2.07. The van der Waals surface area contributed by atoms with Crippen molar-refractivity contribution in [1.82, 2.24) is 15.0 Å². The third-order valence-corrected chi connectivity index (χ3v) is 2.54. The predicted molar refractivity (Wildman–Crippen MR) is 70.6 cm³/mol. The van der Waals surface area contributed by atoms with Crippen LogP contribution in [0.5, 0.6) is 11.8 Å². The van der Waals surface area contributed by atoms with Gasteiger partial charge in [-0.3, -0.25) is 0 Å². The second-order valence-electron chi connectivity index (χ2n) is 3.76. The van der Waals surface area contributed by atoms with Crippen molar-refractivity contribution in [1.29, 1.82) is 0 Å². The van der Waals surface area contributed by atoms with Crippen LogP contribution in [0.3, 0.4) is 0 Å². The molecule has 0 unspecified atom stereocenters. The summed E-state index contributed by atoms with van der Waals surface area (Å²) in [4.78, 5) is 13.4. The Morgan fingerprint density at radius 2 is 1.89 bits per heavy atom. The van der Waals surface area contributed by atoms with Crippen LogP contribution in [0.25, 0.3) is 0 Å². The molecule has 5 nitrogen and oxygen atoms in total. The summed E-state index contributed by atoms with van der Waals surface area (Å²) in [5.41, 5.74) is 0. The predicted octanol–water partition coefficient (Wildman–Crippen LogP) is 3.18. The summed E-state index contributed by atoms with van der Waals surface area (Å²) in [5.74, 6) is 0.114. The lowest BCUT2D eigenvalue weighted by Crippen LogP contribution is -2.13. The van der Waals surface area contributed by atoms with Crippen LogP contribution in [-0.2, 0) is 0 Å². The quantitative estimate of drug-likeness (QED) is 0.871. The second kappa shape index (κ2) is 5.54. The van der Waals surface area contributed by atoms with Gasteiger partial charge in [-0.15, -0.1) is 0 Å². The zero-order valence-corrected chi connectivity index (χ0v) is 11.6. The van der Waals surface area contributed by atoms with Crippen molar-refractivity contribution in [2.75, 3.05) is 19.0 Å². The molecule has 100 valence electrons. The topological polar surface area (TPSA) is 51.1 Å². The van der Waals surface area contributed by atoms with E-state index in [1.54, 1.807) is 19.0 Å². The summed E-state index contributed by atoms with van der Waals surface area (Å²) in [6.07, 6.45) is 0. The van der Waals surface area contributed by atoms with Crippen LogP contribution in [0.1, 0.15) is 0 Å². The molecule has 0 bridgehead atoms. The normalized spacial score (nSPS) is 10.4. The fraction of sp³-hybridized carbons (Fsp3) is 0.182. The fourth-order valence-electron chi connectivity index (χ4n) is 1.22. The van der Waals surface area contributed by atoms with E-state index in [-0.39, 0.29) is 22.1 Å². The molecule has 0 fully saturated rings. The molecule has 19 heavy (non-hydrogen) atoms. The summed E-state index contributed by atoms with van der Waals surface area (Å²) in [7, 11) is 3.50. The van der Waals surface area contributed by atoms with Gasteiger partial charge in [0.25, 0.3) is 0 Å². The Kier molecular flexibility index (Phi) is 4.01. The number of halogens is 3. The van der Waals surface area contributed by atoms with Crippen molar-refractivity contribution in [3.8, 4) is 11.8 Å². The molecule has 8 heteroatoms. The van der Waals surface area contributed by atoms with E-state index < -0.39 is 5.82 Å². The Labute approximate surface area is 119 Å². The number of ether oxygens (including phenoxy) is 1. The van der Waals surface area contributed by atoms with Crippen molar-refractivity contribution in [2.24, 2.45) is 0 Å². The molecule has 0 aliphatic carbocycles. The highest BCUT2D eigenvalue weighted by molar-refractivity contribution is 6.32. The van der Waals surface area contributed by atoms with Crippen LogP contribution in [0, 0.1) is 5.82 Å². The van der Waals surface area contributed by atoms with Crippen LogP contribution < -0.4 is 9.64 Å². The molecule has 2 aromatic rings. The number of hydrogen-bond acceptors (Lipinski definition) is 5. The summed E-state index contributed by atoms with van der Waals surface area (Å²) in [6.45, 7) is 0. The SMILES string of the molecule is CN(C)c1nc(Cl)nc(Oc2ccc(F)cc2Cl)n1. The van der Waals surface area contributed by atoms with Gasteiger partial charge in [0, 0.05) is 14.1 Å². The Morgan fingerprint density at radius 1 is 1.16 bits per heavy atom. The first-order valence-electron chi connectivity index (χ1n) is 5.17. The molecule has 0 atom stereocenters. The standard InChI is InChI=1S/C11H9Cl2FN4O/c1-18(2)10-15-9(13)16-11(17-10)19-8-4-3-6(14)5-7(8)12/h3-5H,1-2H3. The van der Waals surface area contributed by atoms with Gasteiger partial charge in [-0.05, 0) is 29.8 Å². The van der Waals surface area contributed by atoms with Crippen molar-refractivity contribution < 1.29 is 9.13 Å². The van der Waals surface area contributed by atoms with E-state index in [0.29, 0.717) is 5.95 Å². The van der Waals surface area contributed by atoms with Crippen molar-refractivity contribution in [3.05, 3.63) is 34.3 Å². The third kappa shape index (κ3) is 3.42. The lowest BCUT2D eigenvalue weighted by Gasteiger charge is -2.11. The molecule has 0 radical (unpaired) electrons. The number of aromatic nitrogens is 3. The Bertz CT molecular complexity index is 609. The van der Waals surface area contributed by atoms with E-state index in [1.807, 2.05) is 0 Å². The largest absolute Gasteiger partial charge is 0.423 e. The summed E-state index contributed by atoms with van der Waals surface area (Å²) >= 11 is 11.6. The molecule has 1 aromatic heterocycles. The number of rotatable bonds is 3. The van der Waals surface area contributed by atoms with Crippen LogP contribution >= 0.6 is 23.2 Å². The minimum absolute atomic E-state index is 0.00747. The highest BCUT2D eigenvalue weighted by Gasteiger charge is 2.11. The maximum atomic E-state index is 12.9. The first-order valence-corrected chi connectivity index (χ1v) is 5.93. The molecule has 1 heterocycles. The molecule has 1 aromatic carbocycles. The van der Waals surface area contributed by atoms with Gasteiger partial charge in [-0.1, -0.05) is 11.6 Å². The molecule has 2 rings (SSSR count). The van der Waals surface area contributed by atoms with Crippen LogP contribution in [-0.4, -0.2) is 29.0 Å². The van der Waals surface area contributed by atoms with E-state index in [1.165, 1.54) is 12.1 Å². The van der Waals surface area contributed by atoms with Crippen LogP contribution in [0.4, 0.5) is 10.3 Å². The molecule has 0 aliphatic rings. The Morgan fingerprint density at radius 3 is 2.53 bits per heavy atom. The zero-order chi connectivity index (χ0) is 14.0. The lowest BCUT2D eigenvalue weighted by atomic mass is 10.3. The average Bonchev–Trinajstić information content (AvgIpc) is 2.32. The molecule has 0 spiro atoms. The van der Waals surface area contributed by atoms with E-state index in [2.05, 4.69) is 15.0 Å². The summed E-state index contributed by atoms with van der Waals surface area (Å²) < 4.78 is 18.3. The fourth-order valence-corrected chi connectivity index (χ4v) is 1.58. The first kappa shape index (κ1) is 13.8. The number of anilines is 1. The lowest BCUT2D eigenvalue weighted by molar-refractivity contribution is 0.438. The van der Waals surface area contributed by atoms with Crippen molar-refractivity contribution >= 4 is 29.2 Å². The summed E-state index contributed by atoms with van der Waals surface area (Å²) in [5, 5.41) is 0.106. The molecule has 0 amide bonds. The van der Waals surface area contributed by atoms with Gasteiger partial charge >= 0.3 is 6.01 Å². The van der Waals surface area contributed by atoms with Gasteiger partial charge in [-0.25, -0.2) is 4.39 Å². The minimum Gasteiger partial charge on any atom is -0.423 e. The van der Waals surface area contributed by atoms with Crippen molar-refractivity contribution in [3.63, 3.8) is 0 Å². The van der Waals surface area contributed by atoms with E-state index >= 15 is 0 Å². The Hall–Kier alpha value is -1.66. The molecule has 0 N–H and O–H groups in total. The van der Waals surface area contributed by atoms with Crippen LogP contribution in [0.2, 0.25) is 10.3 Å². The van der Waals surface area contributed by atoms with Crippen molar-refractivity contribution in [2.45, 2.75) is 0 Å². The minimum atomic E-state index is -0.458.